The van der Waals surface area contributed by atoms with Gasteiger partial charge in [0.2, 0.25) is 0 Å². The summed E-state index contributed by atoms with van der Waals surface area (Å²) in [4.78, 5) is 16.8. The Balaban J connectivity index is 1.40. The molecule has 2 heterocycles. The first kappa shape index (κ1) is 19.5. The molecule has 0 radical (unpaired) electrons. The average molecular weight is 407 g/mol. The van der Waals surface area contributed by atoms with Crippen molar-refractivity contribution in [2.45, 2.75) is 25.0 Å². The Bertz CT molecular complexity index is 1020. The Morgan fingerprint density at radius 1 is 1.31 bits per heavy atom. The van der Waals surface area contributed by atoms with E-state index in [0.717, 1.165) is 35.2 Å². The summed E-state index contributed by atoms with van der Waals surface area (Å²) in [5.74, 6) is -0.237. The minimum atomic E-state index is -0.591. The quantitative estimate of drug-likeness (QED) is 0.680. The van der Waals surface area contributed by atoms with Gasteiger partial charge in [0, 0.05) is 19.6 Å². The number of hydrogen-bond acceptors (Lipinski definition) is 6. The molecule has 1 aliphatic heterocycles. The molecule has 29 heavy (non-hydrogen) atoms. The second-order valence-corrected chi connectivity index (χ2v) is 7.93. The molecule has 4 rings (SSSR count). The lowest BCUT2D eigenvalue weighted by molar-refractivity contribution is -0.132. The van der Waals surface area contributed by atoms with Crippen LogP contribution >= 0.6 is 11.3 Å². The molecule has 6 nitrogen and oxygen atoms in total. The van der Waals surface area contributed by atoms with Gasteiger partial charge in [-0.3, -0.25) is 4.79 Å². The van der Waals surface area contributed by atoms with E-state index in [1.165, 1.54) is 4.70 Å². The SMILES string of the molecule is N#CC(Cc1ccc(-c2ccc3scnc3c2)cc1)NC(=O)[C@@H]1CNCCCO1. The summed E-state index contributed by atoms with van der Waals surface area (Å²) >= 11 is 1.63. The van der Waals surface area contributed by atoms with E-state index in [9.17, 15) is 10.1 Å². The predicted octanol–water partition coefficient (Wildman–Crippen LogP) is 2.89. The van der Waals surface area contributed by atoms with Crippen molar-refractivity contribution in [1.29, 1.82) is 5.26 Å². The highest BCUT2D eigenvalue weighted by molar-refractivity contribution is 7.16. The number of benzene rings is 2. The lowest BCUT2D eigenvalue weighted by Gasteiger charge is -2.18. The molecule has 1 saturated heterocycles. The lowest BCUT2D eigenvalue weighted by Crippen LogP contribution is -2.46. The summed E-state index contributed by atoms with van der Waals surface area (Å²) in [6.45, 7) is 1.87. The van der Waals surface area contributed by atoms with Gasteiger partial charge in [-0.05, 0) is 41.8 Å². The summed E-state index contributed by atoms with van der Waals surface area (Å²) in [5.41, 5.74) is 6.05. The van der Waals surface area contributed by atoms with Gasteiger partial charge >= 0.3 is 0 Å². The second kappa shape index (κ2) is 9.14. The van der Waals surface area contributed by atoms with Crippen LogP contribution < -0.4 is 10.6 Å². The van der Waals surface area contributed by atoms with Gasteiger partial charge in [-0.25, -0.2) is 4.98 Å². The summed E-state index contributed by atoms with van der Waals surface area (Å²) in [5, 5.41) is 15.5. The van der Waals surface area contributed by atoms with Crippen molar-refractivity contribution >= 4 is 27.5 Å². The van der Waals surface area contributed by atoms with Gasteiger partial charge in [0.05, 0.1) is 21.8 Å². The Hall–Kier alpha value is -2.79. The molecule has 148 valence electrons. The number of thiazole rings is 1. The van der Waals surface area contributed by atoms with Crippen LogP contribution in [0.5, 0.6) is 0 Å². The summed E-state index contributed by atoms with van der Waals surface area (Å²) < 4.78 is 6.73. The van der Waals surface area contributed by atoms with Crippen LogP contribution in [0.3, 0.4) is 0 Å². The lowest BCUT2D eigenvalue weighted by atomic mass is 10.0. The highest BCUT2D eigenvalue weighted by Gasteiger charge is 2.23. The standard InChI is InChI=1S/C22H22N4O2S/c23-12-18(26-22(27)20-13-24-8-1-9-28-20)10-15-2-4-16(5-3-15)17-6-7-21-19(11-17)25-14-29-21/h2-7,11,14,18,20,24H,1,8-10,13H2,(H,26,27)/t18?,20-/m0/s1. The maximum Gasteiger partial charge on any atom is 0.251 e. The fraction of sp³-hybridized carbons (Fsp3) is 0.318. The van der Waals surface area contributed by atoms with Gasteiger partial charge in [0.25, 0.3) is 5.91 Å². The first-order valence-corrected chi connectivity index (χ1v) is 10.6. The molecule has 0 aliphatic carbocycles. The second-order valence-electron chi connectivity index (χ2n) is 7.04. The van der Waals surface area contributed by atoms with E-state index in [4.69, 9.17) is 4.74 Å². The van der Waals surface area contributed by atoms with Gasteiger partial charge in [0.1, 0.15) is 12.1 Å². The van der Waals surface area contributed by atoms with Gasteiger partial charge in [0.15, 0.2) is 0 Å². The monoisotopic (exact) mass is 406 g/mol. The third kappa shape index (κ3) is 4.80. The third-order valence-corrected chi connectivity index (χ3v) is 5.78. The van der Waals surface area contributed by atoms with E-state index in [1.807, 2.05) is 29.8 Å². The fourth-order valence-electron chi connectivity index (χ4n) is 3.38. The van der Waals surface area contributed by atoms with E-state index in [1.54, 1.807) is 11.3 Å². The first-order valence-electron chi connectivity index (χ1n) is 9.68. The van der Waals surface area contributed by atoms with E-state index in [-0.39, 0.29) is 5.91 Å². The van der Waals surface area contributed by atoms with Gasteiger partial charge in [-0.15, -0.1) is 11.3 Å². The van der Waals surface area contributed by atoms with Crippen LogP contribution in [0.15, 0.2) is 48.0 Å². The number of carbonyl (C=O) groups is 1. The number of fused-ring (bicyclic) bond motifs is 1. The van der Waals surface area contributed by atoms with Crippen molar-refractivity contribution in [2.75, 3.05) is 19.7 Å². The van der Waals surface area contributed by atoms with Gasteiger partial charge in [-0.1, -0.05) is 30.3 Å². The number of rotatable bonds is 5. The smallest absolute Gasteiger partial charge is 0.251 e. The number of nitrogens with one attached hydrogen (secondary N) is 2. The fourth-order valence-corrected chi connectivity index (χ4v) is 4.04. The van der Waals surface area contributed by atoms with E-state index < -0.39 is 12.1 Å². The molecule has 0 saturated carbocycles. The zero-order valence-electron chi connectivity index (χ0n) is 15.9. The predicted molar refractivity (Wildman–Crippen MR) is 114 cm³/mol. The Kier molecular flexibility index (Phi) is 6.15. The number of aromatic nitrogens is 1. The molecule has 2 atom stereocenters. The molecule has 1 aliphatic rings. The summed E-state index contributed by atoms with van der Waals surface area (Å²) in [6.07, 6.45) is 0.789. The first-order chi connectivity index (χ1) is 14.2. The molecule has 1 amide bonds. The zero-order valence-corrected chi connectivity index (χ0v) is 16.7. The van der Waals surface area contributed by atoms with Crippen LogP contribution in [0.1, 0.15) is 12.0 Å². The average Bonchev–Trinajstić information content (AvgIpc) is 3.05. The van der Waals surface area contributed by atoms with E-state index in [2.05, 4.69) is 39.9 Å². The molecule has 2 aromatic carbocycles. The maximum absolute atomic E-state index is 12.4. The number of carbonyl (C=O) groups excluding carboxylic acids is 1. The van der Waals surface area contributed by atoms with Crippen LogP contribution in [-0.2, 0) is 16.0 Å². The molecule has 7 heteroatoms. The number of nitriles is 1. The Morgan fingerprint density at radius 3 is 2.97 bits per heavy atom. The van der Waals surface area contributed by atoms with Crippen LogP contribution in [0.25, 0.3) is 21.3 Å². The van der Waals surface area contributed by atoms with Crippen LogP contribution in [0, 0.1) is 11.3 Å². The molecule has 0 bridgehead atoms. The minimum absolute atomic E-state index is 0.237. The van der Waals surface area contributed by atoms with Crippen molar-refractivity contribution in [2.24, 2.45) is 0 Å². The molecule has 3 aromatic rings. The highest BCUT2D eigenvalue weighted by Crippen LogP contribution is 2.26. The minimum Gasteiger partial charge on any atom is -0.367 e. The molecular formula is C22H22N4O2S. The molecule has 1 fully saturated rings. The van der Waals surface area contributed by atoms with Crippen molar-refractivity contribution in [3.8, 4) is 17.2 Å². The highest BCUT2D eigenvalue weighted by atomic mass is 32.1. The topological polar surface area (TPSA) is 87.0 Å². The van der Waals surface area contributed by atoms with Crippen molar-refractivity contribution in [3.63, 3.8) is 0 Å². The van der Waals surface area contributed by atoms with Crippen LogP contribution in [0.2, 0.25) is 0 Å². The zero-order chi connectivity index (χ0) is 20.1. The van der Waals surface area contributed by atoms with Gasteiger partial charge in [-0.2, -0.15) is 5.26 Å². The van der Waals surface area contributed by atoms with Crippen molar-refractivity contribution in [1.82, 2.24) is 15.6 Å². The van der Waals surface area contributed by atoms with E-state index >= 15 is 0 Å². The number of ether oxygens (including phenoxy) is 1. The van der Waals surface area contributed by atoms with Crippen LogP contribution in [-0.4, -0.2) is 42.7 Å². The van der Waals surface area contributed by atoms with E-state index in [0.29, 0.717) is 19.6 Å². The molecule has 1 unspecified atom stereocenters. The van der Waals surface area contributed by atoms with Crippen molar-refractivity contribution < 1.29 is 9.53 Å². The Labute approximate surface area is 173 Å². The number of nitrogens with zero attached hydrogens (tertiary/aromatic N) is 2. The number of amides is 1. The molecule has 1 aromatic heterocycles. The Morgan fingerprint density at radius 2 is 2.14 bits per heavy atom. The summed E-state index contributed by atoms with van der Waals surface area (Å²) in [7, 11) is 0. The maximum atomic E-state index is 12.4. The number of hydrogen-bond donors (Lipinski definition) is 2. The molecule has 2 N–H and O–H groups in total. The normalized spacial score (nSPS) is 18.0. The largest absolute Gasteiger partial charge is 0.367 e. The summed E-state index contributed by atoms with van der Waals surface area (Å²) in [6, 6.07) is 15.9. The molecule has 0 spiro atoms. The molecular weight excluding hydrogens is 384 g/mol. The van der Waals surface area contributed by atoms with Crippen LogP contribution in [0.4, 0.5) is 0 Å². The third-order valence-electron chi connectivity index (χ3n) is 4.97. The van der Waals surface area contributed by atoms with Gasteiger partial charge < -0.3 is 15.4 Å². The van der Waals surface area contributed by atoms with Crippen molar-refractivity contribution in [3.05, 3.63) is 53.5 Å².